The maximum absolute atomic E-state index is 10.6. The summed E-state index contributed by atoms with van der Waals surface area (Å²) < 4.78 is 0. The monoisotopic (exact) mass is 164 g/mol. The number of carbonyl (C=O) groups excluding carboxylic acids is 1. The molecule has 1 aliphatic rings. The third kappa shape index (κ3) is 0.967. The zero-order chi connectivity index (χ0) is 8.55. The molecule has 12 heavy (non-hydrogen) atoms. The highest BCUT2D eigenvalue weighted by molar-refractivity contribution is 5.88. The molecule has 1 amide bonds. The highest BCUT2D eigenvalue weighted by Crippen LogP contribution is 2.22. The molecule has 0 aromatic carbocycles. The van der Waals surface area contributed by atoms with Gasteiger partial charge in [-0.05, 0) is 11.6 Å². The molecule has 1 aromatic heterocycles. The van der Waals surface area contributed by atoms with E-state index < -0.39 is 6.10 Å². The standard InChI is InChI=1S/C8H8N2O2/c11-7-6(10-8(7)12)5-2-1-3-9-4-5/h1-4,6-7,11H,(H,10,12). The molecule has 0 aliphatic carbocycles. The second-order valence-corrected chi connectivity index (χ2v) is 2.72. The summed E-state index contributed by atoms with van der Waals surface area (Å²) in [5.74, 6) is -0.316. The van der Waals surface area contributed by atoms with Crippen LogP contribution in [0.4, 0.5) is 0 Å². The molecule has 4 heteroatoms. The largest absolute Gasteiger partial charge is 0.381 e. The van der Waals surface area contributed by atoms with E-state index in [1.54, 1.807) is 18.5 Å². The van der Waals surface area contributed by atoms with Crippen molar-refractivity contribution in [2.75, 3.05) is 0 Å². The minimum absolute atomic E-state index is 0.272. The number of hydrogen-bond donors (Lipinski definition) is 2. The number of nitrogens with zero attached hydrogens (tertiary/aromatic N) is 1. The molecule has 2 atom stereocenters. The molecule has 2 heterocycles. The number of aliphatic hydroxyl groups excluding tert-OH is 1. The molecule has 0 bridgehead atoms. The van der Waals surface area contributed by atoms with E-state index in [4.69, 9.17) is 0 Å². The van der Waals surface area contributed by atoms with Crippen molar-refractivity contribution in [2.24, 2.45) is 0 Å². The first-order chi connectivity index (χ1) is 5.79. The molecule has 1 aliphatic heterocycles. The second-order valence-electron chi connectivity index (χ2n) is 2.72. The van der Waals surface area contributed by atoms with E-state index in [1.807, 2.05) is 6.07 Å². The van der Waals surface area contributed by atoms with Crippen LogP contribution in [-0.2, 0) is 4.79 Å². The summed E-state index contributed by atoms with van der Waals surface area (Å²) in [7, 11) is 0. The van der Waals surface area contributed by atoms with Crippen molar-refractivity contribution in [1.82, 2.24) is 10.3 Å². The van der Waals surface area contributed by atoms with Gasteiger partial charge in [-0.15, -0.1) is 0 Å². The van der Waals surface area contributed by atoms with Gasteiger partial charge in [0.25, 0.3) is 5.91 Å². The molecule has 2 N–H and O–H groups in total. The van der Waals surface area contributed by atoms with Crippen LogP contribution in [0.25, 0.3) is 0 Å². The Morgan fingerprint density at radius 2 is 2.42 bits per heavy atom. The summed E-state index contributed by atoms with van der Waals surface area (Å²) in [5.41, 5.74) is 0.838. The van der Waals surface area contributed by atoms with E-state index in [0.717, 1.165) is 5.56 Å². The fourth-order valence-corrected chi connectivity index (χ4v) is 1.20. The first-order valence-electron chi connectivity index (χ1n) is 3.67. The quantitative estimate of drug-likeness (QED) is 0.556. The van der Waals surface area contributed by atoms with Gasteiger partial charge in [-0.1, -0.05) is 6.07 Å². The molecule has 1 saturated heterocycles. The first kappa shape index (κ1) is 7.24. The average molecular weight is 164 g/mol. The van der Waals surface area contributed by atoms with Gasteiger partial charge in [-0.2, -0.15) is 0 Å². The molecule has 2 rings (SSSR count). The number of β-lactam (4-membered cyclic amide) rings is 1. The Kier molecular flexibility index (Phi) is 1.55. The number of amides is 1. The summed E-state index contributed by atoms with van der Waals surface area (Å²) in [6.45, 7) is 0. The van der Waals surface area contributed by atoms with Crippen LogP contribution >= 0.6 is 0 Å². The average Bonchev–Trinajstić information content (AvgIpc) is 2.15. The third-order valence-corrected chi connectivity index (χ3v) is 1.93. The molecule has 1 fully saturated rings. The predicted octanol–water partition coefficient (Wildman–Crippen LogP) is -0.387. The van der Waals surface area contributed by atoms with Crippen molar-refractivity contribution in [2.45, 2.75) is 12.1 Å². The minimum atomic E-state index is -0.908. The lowest BCUT2D eigenvalue weighted by Gasteiger charge is -2.32. The van der Waals surface area contributed by atoms with Gasteiger partial charge in [0.2, 0.25) is 0 Å². The van der Waals surface area contributed by atoms with E-state index in [0.29, 0.717) is 0 Å². The molecule has 0 saturated carbocycles. The predicted molar refractivity (Wildman–Crippen MR) is 41.1 cm³/mol. The van der Waals surface area contributed by atoms with Crippen molar-refractivity contribution >= 4 is 5.91 Å². The van der Waals surface area contributed by atoms with Gasteiger partial charge >= 0.3 is 0 Å². The zero-order valence-electron chi connectivity index (χ0n) is 6.27. The topological polar surface area (TPSA) is 62.2 Å². The normalized spacial score (nSPS) is 27.6. The summed E-state index contributed by atoms with van der Waals surface area (Å²) in [4.78, 5) is 14.5. The van der Waals surface area contributed by atoms with Crippen molar-refractivity contribution < 1.29 is 9.90 Å². The van der Waals surface area contributed by atoms with Crippen LogP contribution in [0.3, 0.4) is 0 Å². The second kappa shape index (κ2) is 2.57. The molecule has 1 aromatic rings. The maximum Gasteiger partial charge on any atom is 0.251 e. The van der Waals surface area contributed by atoms with E-state index >= 15 is 0 Å². The van der Waals surface area contributed by atoms with Gasteiger partial charge in [0.1, 0.15) is 0 Å². The van der Waals surface area contributed by atoms with Crippen LogP contribution in [-0.4, -0.2) is 22.1 Å². The highest BCUT2D eigenvalue weighted by Gasteiger charge is 2.38. The van der Waals surface area contributed by atoms with Crippen LogP contribution in [0.5, 0.6) is 0 Å². The van der Waals surface area contributed by atoms with Crippen molar-refractivity contribution in [3.8, 4) is 0 Å². The van der Waals surface area contributed by atoms with Crippen molar-refractivity contribution in [3.05, 3.63) is 30.1 Å². The number of hydrogen-bond acceptors (Lipinski definition) is 3. The summed E-state index contributed by atoms with van der Waals surface area (Å²) in [5, 5.41) is 11.8. The smallest absolute Gasteiger partial charge is 0.251 e. The van der Waals surface area contributed by atoms with Crippen LogP contribution in [0, 0.1) is 0 Å². The fraction of sp³-hybridized carbons (Fsp3) is 0.250. The fourth-order valence-electron chi connectivity index (χ4n) is 1.20. The van der Waals surface area contributed by atoms with Gasteiger partial charge in [-0.25, -0.2) is 0 Å². The third-order valence-electron chi connectivity index (χ3n) is 1.93. The Morgan fingerprint density at radius 1 is 1.58 bits per heavy atom. The Balaban J connectivity index is 2.18. The summed E-state index contributed by atoms with van der Waals surface area (Å²) in [6, 6.07) is 3.32. The number of nitrogens with one attached hydrogen (secondary N) is 1. The van der Waals surface area contributed by atoms with Gasteiger partial charge < -0.3 is 10.4 Å². The van der Waals surface area contributed by atoms with Crippen molar-refractivity contribution in [3.63, 3.8) is 0 Å². The maximum atomic E-state index is 10.6. The van der Waals surface area contributed by atoms with Gasteiger partial charge in [0.15, 0.2) is 6.10 Å². The number of aromatic nitrogens is 1. The van der Waals surface area contributed by atoms with Gasteiger partial charge in [-0.3, -0.25) is 9.78 Å². The minimum Gasteiger partial charge on any atom is -0.381 e. The number of rotatable bonds is 1. The molecular weight excluding hydrogens is 156 g/mol. The summed E-state index contributed by atoms with van der Waals surface area (Å²) in [6.07, 6.45) is 2.37. The zero-order valence-corrected chi connectivity index (χ0v) is 6.27. The highest BCUT2D eigenvalue weighted by atomic mass is 16.3. The molecule has 4 nitrogen and oxygen atoms in total. The van der Waals surface area contributed by atoms with E-state index in [-0.39, 0.29) is 11.9 Å². The van der Waals surface area contributed by atoms with Crippen LogP contribution in [0.2, 0.25) is 0 Å². The Morgan fingerprint density at radius 3 is 2.92 bits per heavy atom. The first-order valence-corrected chi connectivity index (χ1v) is 3.67. The van der Waals surface area contributed by atoms with Crippen LogP contribution in [0.15, 0.2) is 24.5 Å². The lowest BCUT2D eigenvalue weighted by Crippen LogP contribution is -2.55. The van der Waals surface area contributed by atoms with E-state index in [2.05, 4.69) is 10.3 Å². The lowest BCUT2D eigenvalue weighted by molar-refractivity contribution is -0.142. The molecular formula is C8H8N2O2. The SMILES string of the molecule is O=C1NC(c2cccnc2)C1O. The number of pyridine rings is 1. The summed E-state index contributed by atoms with van der Waals surface area (Å²) >= 11 is 0. The Hall–Kier alpha value is -1.42. The van der Waals surface area contributed by atoms with Crippen LogP contribution in [0.1, 0.15) is 11.6 Å². The molecule has 62 valence electrons. The Bertz CT molecular complexity index is 299. The Labute approximate surface area is 69.2 Å². The molecule has 2 unspecified atom stereocenters. The molecule has 0 radical (unpaired) electrons. The number of carbonyl (C=O) groups is 1. The number of aliphatic hydroxyl groups is 1. The lowest BCUT2D eigenvalue weighted by atomic mass is 9.96. The van der Waals surface area contributed by atoms with E-state index in [9.17, 15) is 9.90 Å². The van der Waals surface area contributed by atoms with E-state index in [1.165, 1.54) is 0 Å². The van der Waals surface area contributed by atoms with Crippen molar-refractivity contribution in [1.29, 1.82) is 0 Å². The molecule has 0 spiro atoms. The van der Waals surface area contributed by atoms with Gasteiger partial charge in [0, 0.05) is 12.4 Å². The van der Waals surface area contributed by atoms with Gasteiger partial charge in [0.05, 0.1) is 6.04 Å². The van der Waals surface area contributed by atoms with Crippen LogP contribution < -0.4 is 5.32 Å².